The first-order valence-corrected chi connectivity index (χ1v) is 4.71. The van der Waals surface area contributed by atoms with Crippen molar-refractivity contribution < 1.29 is 4.79 Å². The van der Waals surface area contributed by atoms with Crippen LogP contribution in [0.15, 0.2) is 21.4 Å². The average molecular weight is 170 g/mol. The minimum absolute atomic E-state index is 0.150. The van der Waals surface area contributed by atoms with Crippen LogP contribution >= 0.6 is 0 Å². The first-order valence-electron chi connectivity index (χ1n) is 2.45. The first-order chi connectivity index (χ1) is 3.80. The van der Waals surface area contributed by atoms with Crippen LogP contribution in [0.5, 0.6) is 0 Å². The first kappa shape index (κ1) is 5.84. The van der Waals surface area contributed by atoms with Crippen molar-refractivity contribution >= 4 is 21.5 Å². The Hall–Kier alpha value is -0.292. The number of carbonyl (C=O) groups excluding carboxylic acids is 1. The third-order valence-corrected chi connectivity index (χ3v) is 3.47. The number of hydrogen-bond acceptors (Lipinski definition) is 1. The molecule has 1 aliphatic heterocycles. The Morgan fingerprint density at radius 1 is 1.75 bits per heavy atom. The monoisotopic (exact) mass is 170 g/mol. The average Bonchev–Trinajstić information content (AvgIpc) is 2.12. The van der Waals surface area contributed by atoms with Crippen molar-refractivity contribution in [3.8, 4) is 0 Å². The van der Waals surface area contributed by atoms with Gasteiger partial charge in [-0.1, -0.05) is 0 Å². The predicted octanol–water partition coefficient (Wildman–Crippen LogP) is 0.423. The molecule has 1 unspecified atom stereocenters. The Balaban J connectivity index is 2.64. The maximum atomic E-state index is 10.6. The summed E-state index contributed by atoms with van der Waals surface area (Å²) in [5.41, 5.74) is 0. The quantitative estimate of drug-likeness (QED) is 0.521. The molecule has 0 saturated carbocycles. The van der Waals surface area contributed by atoms with Gasteiger partial charge in [0.1, 0.15) is 0 Å². The van der Waals surface area contributed by atoms with E-state index in [1.807, 2.05) is 12.2 Å². The van der Waals surface area contributed by atoms with Gasteiger partial charge in [0.15, 0.2) is 0 Å². The second-order valence-electron chi connectivity index (χ2n) is 1.64. The van der Waals surface area contributed by atoms with Crippen molar-refractivity contribution in [1.82, 2.24) is 0 Å². The summed E-state index contributed by atoms with van der Waals surface area (Å²) in [7, 11) is 0. The summed E-state index contributed by atoms with van der Waals surface area (Å²) in [6.45, 7) is 1.63. The van der Waals surface area contributed by atoms with Crippen LogP contribution in [0.25, 0.3) is 0 Å². The number of allylic oxidation sites excluding steroid dienone is 3. The van der Waals surface area contributed by atoms with Crippen LogP contribution < -0.4 is 0 Å². The third kappa shape index (κ3) is 1.10. The molecule has 0 bridgehead atoms. The number of carbonyl (C=O) groups is 1. The molecule has 8 heavy (non-hydrogen) atoms. The van der Waals surface area contributed by atoms with E-state index in [4.69, 9.17) is 0 Å². The van der Waals surface area contributed by atoms with Gasteiger partial charge in [-0.25, -0.2) is 0 Å². The van der Waals surface area contributed by atoms with E-state index in [2.05, 4.69) is 4.86 Å². The Labute approximate surface area is 55.2 Å². The van der Waals surface area contributed by atoms with Crippen molar-refractivity contribution in [1.29, 1.82) is 0 Å². The summed E-state index contributed by atoms with van der Waals surface area (Å²) in [6.07, 6.45) is 3.89. The number of hydrogen-bond donors (Lipinski definition) is 0. The van der Waals surface area contributed by atoms with Gasteiger partial charge in [-0.2, -0.15) is 0 Å². The van der Waals surface area contributed by atoms with E-state index in [0.717, 1.165) is 4.36 Å². The van der Waals surface area contributed by atoms with Crippen LogP contribution in [0.4, 0.5) is 0 Å². The van der Waals surface area contributed by atoms with Crippen LogP contribution in [0, 0.1) is 0 Å². The molecule has 1 aliphatic rings. The standard InChI is InChI=1S/C6H7AsO/c1-5(8)6-3-2-4-7-6/h2-4,7H,1H3. The molecule has 1 atom stereocenters. The molecule has 0 N–H and O–H groups in total. The Kier molecular flexibility index (Phi) is 1.69. The molecule has 1 rings (SSSR count). The van der Waals surface area contributed by atoms with Gasteiger partial charge >= 0.3 is 54.6 Å². The summed E-state index contributed by atoms with van der Waals surface area (Å²) >= 11 is -0.150. The summed E-state index contributed by atoms with van der Waals surface area (Å²) in [6, 6.07) is 0. The molecule has 1 heterocycles. The van der Waals surface area contributed by atoms with Gasteiger partial charge in [0, 0.05) is 0 Å². The van der Waals surface area contributed by atoms with E-state index in [-0.39, 0.29) is 21.5 Å². The molecule has 2 heteroatoms. The van der Waals surface area contributed by atoms with Gasteiger partial charge in [0.2, 0.25) is 0 Å². The van der Waals surface area contributed by atoms with Gasteiger partial charge in [-0.05, 0) is 0 Å². The van der Waals surface area contributed by atoms with Crippen LogP contribution in [-0.2, 0) is 4.79 Å². The summed E-state index contributed by atoms with van der Waals surface area (Å²) in [5.74, 6) is 0.245. The van der Waals surface area contributed by atoms with Crippen LogP contribution in [0.2, 0.25) is 0 Å². The Morgan fingerprint density at radius 3 is 2.75 bits per heavy atom. The molecule has 0 aromatic carbocycles. The molecule has 1 nitrogen and oxygen atoms in total. The maximum absolute atomic E-state index is 10.6. The Bertz CT molecular complexity index is 167. The zero-order valence-electron chi connectivity index (χ0n) is 4.64. The SMILES string of the molecule is CC(=O)C1=CC=C[AsH]1. The molecule has 0 spiro atoms. The van der Waals surface area contributed by atoms with Gasteiger partial charge < -0.3 is 0 Å². The molecule has 0 aliphatic carbocycles. The molecular formula is C6H7AsO. The topological polar surface area (TPSA) is 17.1 Å². The molecule has 0 aromatic rings. The van der Waals surface area contributed by atoms with Crippen LogP contribution in [0.1, 0.15) is 6.92 Å². The second-order valence-corrected chi connectivity index (χ2v) is 4.08. The predicted molar refractivity (Wildman–Crippen MR) is 35.1 cm³/mol. The van der Waals surface area contributed by atoms with E-state index >= 15 is 0 Å². The van der Waals surface area contributed by atoms with Gasteiger partial charge in [0.05, 0.1) is 0 Å². The summed E-state index contributed by atoms with van der Waals surface area (Å²) in [5, 5.41) is 0. The van der Waals surface area contributed by atoms with Crippen molar-refractivity contribution in [2.75, 3.05) is 0 Å². The fraction of sp³-hybridized carbons (Fsp3) is 0.167. The normalized spacial score (nSPS) is 19.4. The molecular weight excluding hydrogens is 163 g/mol. The van der Waals surface area contributed by atoms with Crippen molar-refractivity contribution in [2.45, 2.75) is 6.92 Å². The van der Waals surface area contributed by atoms with E-state index in [9.17, 15) is 4.79 Å². The van der Waals surface area contributed by atoms with Crippen molar-refractivity contribution in [3.05, 3.63) is 21.4 Å². The number of Topliss-reactive ketones (excluding diaryl/α,β-unsaturated/α-hetero) is 1. The summed E-state index contributed by atoms with van der Waals surface area (Å²) in [4.78, 5) is 12.7. The molecule has 0 amide bonds. The second kappa shape index (κ2) is 2.32. The summed E-state index contributed by atoms with van der Waals surface area (Å²) < 4.78 is 1.05. The number of rotatable bonds is 1. The fourth-order valence-electron chi connectivity index (χ4n) is 0.549. The van der Waals surface area contributed by atoms with E-state index < -0.39 is 0 Å². The van der Waals surface area contributed by atoms with E-state index in [0.29, 0.717) is 0 Å². The van der Waals surface area contributed by atoms with Crippen LogP contribution in [-0.4, -0.2) is 21.5 Å². The molecule has 0 fully saturated rings. The zero-order chi connectivity index (χ0) is 5.98. The minimum atomic E-state index is -0.150. The molecule has 42 valence electrons. The molecule has 0 radical (unpaired) electrons. The Morgan fingerprint density at radius 2 is 2.50 bits per heavy atom. The number of ketones is 1. The van der Waals surface area contributed by atoms with Crippen LogP contribution in [0.3, 0.4) is 0 Å². The van der Waals surface area contributed by atoms with Gasteiger partial charge in [-0.15, -0.1) is 0 Å². The van der Waals surface area contributed by atoms with E-state index in [1.54, 1.807) is 6.92 Å². The van der Waals surface area contributed by atoms with Crippen molar-refractivity contribution in [3.63, 3.8) is 0 Å². The van der Waals surface area contributed by atoms with E-state index in [1.165, 1.54) is 0 Å². The van der Waals surface area contributed by atoms with Gasteiger partial charge in [0.25, 0.3) is 0 Å². The van der Waals surface area contributed by atoms with Crippen molar-refractivity contribution in [2.24, 2.45) is 0 Å². The molecule has 0 aromatic heterocycles. The molecule has 0 saturated heterocycles. The van der Waals surface area contributed by atoms with Gasteiger partial charge in [-0.3, -0.25) is 0 Å². The fourth-order valence-corrected chi connectivity index (χ4v) is 2.16. The third-order valence-electron chi connectivity index (χ3n) is 0.977. The zero-order valence-corrected chi connectivity index (χ0v) is 6.74.